The number of nitrogens with one attached hydrogen (secondary N) is 1. The van der Waals surface area contributed by atoms with E-state index in [2.05, 4.69) is 27.1 Å². The summed E-state index contributed by atoms with van der Waals surface area (Å²) in [4.78, 5) is 39.6. The molecular formula is C21H23N5O2S2. The van der Waals surface area contributed by atoms with Gasteiger partial charge in [0.05, 0.1) is 5.75 Å². The van der Waals surface area contributed by atoms with Gasteiger partial charge in [-0.1, -0.05) is 42.2 Å². The molecule has 1 aliphatic heterocycles. The highest BCUT2D eigenvalue weighted by atomic mass is 32.2. The van der Waals surface area contributed by atoms with Crippen LogP contribution in [-0.2, 0) is 4.79 Å². The molecule has 3 aromatic rings. The average Bonchev–Trinajstić information content (AvgIpc) is 3.17. The molecule has 1 unspecified atom stereocenters. The average molecular weight is 442 g/mol. The Bertz CT molecular complexity index is 1080. The zero-order chi connectivity index (χ0) is 21.1. The maximum absolute atomic E-state index is 12.4. The van der Waals surface area contributed by atoms with Crippen LogP contribution in [-0.4, -0.2) is 45.5 Å². The molecule has 2 aromatic heterocycles. The molecule has 1 aromatic carbocycles. The number of carbonyl (C=O) groups excluding carboxylic acids is 2. The van der Waals surface area contributed by atoms with Crippen LogP contribution in [0.4, 0.5) is 10.8 Å². The van der Waals surface area contributed by atoms with Gasteiger partial charge in [-0.2, -0.15) is 4.98 Å². The number of nitrogens with zero attached hydrogens (tertiary/aromatic N) is 4. The second kappa shape index (κ2) is 9.09. The smallest absolute Gasteiger partial charge is 0.234 e. The first-order valence-corrected chi connectivity index (χ1v) is 11.7. The summed E-state index contributed by atoms with van der Waals surface area (Å²) in [6, 6.07) is 6.94. The monoisotopic (exact) mass is 441 g/mol. The molecule has 1 aliphatic rings. The summed E-state index contributed by atoms with van der Waals surface area (Å²) in [5.41, 5.74) is 1.86. The van der Waals surface area contributed by atoms with Gasteiger partial charge in [-0.05, 0) is 37.8 Å². The maximum Gasteiger partial charge on any atom is 0.234 e. The fourth-order valence-electron chi connectivity index (χ4n) is 3.47. The first kappa shape index (κ1) is 20.7. The second-order valence-corrected chi connectivity index (χ2v) is 9.44. The summed E-state index contributed by atoms with van der Waals surface area (Å²) in [7, 11) is 0. The number of rotatable bonds is 6. The van der Waals surface area contributed by atoms with Crippen LogP contribution in [0.15, 0.2) is 35.6 Å². The minimum Gasteiger partial charge on any atom is -0.348 e. The Hall–Kier alpha value is -2.52. The highest BCUT2D eigenvalue weighted by Crippen LogP contribution is 2.35. The lowest BCUT2D eigenvalue weighted by Gasteiger charge is -2.30. The Kier molecular flexibility index (Phi) is 6.29. The number of hydrogen-bond donors (Lipinski definition) is 1. The Balaban J connectivity index is 1.44. The summed E-state index contributed by atoms with van der Waals surface area (Å²) in [5.74, 6) is 0.690. The number of thioether (sulfide) groups is 1. The number of ketones is 1. The standard InChI is InChI=1S/C21H23N5O2S2/c1-13-5-4-8-26(10-13)21-25-19-18(30-21)20(23-12-22-19)29-11-17(28)24-16-7-3-6-15(9-16)14(2)27/h3,6-7,9,12-13H,4-5,8,10-11H2,1-2H3,(H,24,28). The van der Waals surface area contributed by atoms with Crippen molar-refractivity contribution < 1.29 is 9.59 Å². The third-order valence-corrected chi connectivity index (χ3v) is 7.20. The molecule has 1 saturated heterocycles. The quantitative estimate of drug-likeness (QED) is 0.347. The van der Waals surface area contributed by atoms with Crippen LogP contribution in [0.5, 0.6) is 0 Å². The summed E-state index contributed by atoms with van der Waals surface area (Å²) in [6.07, 6.45) is 3.93. The van der Waals surface area contributed by atoms with Crippen molar-refractivity contribution in [2.24, 2.45) is 5.92 Å². The van der Waals surface area contributed by atoms with Gasteiger partial charge in [-0.15, -0.1) is 0 Å². The molecule has 0 bridgehead atoms. The molecule has 1 amide bonds. The lowest BCUT2D eigenvalue weighted by Crippen LogP contribution is -2.34. The van der Waals surface area contributed by atoms with Crippen LogP contribution in [0, 0.1) is 5.92 Å². The molecule has 0 radical (unpaired) electrons. The van der Waals surface area contributed by atoms with E-state index >= 15 is 0 Å². The minimum atomic E-state index is -0.151. The zero-order valence-corrected chi connectivity index (χ0v) is 18.6. The van der Waals surface area contributed by atoms with Gasteiger partial charge in [0.25, 0.3) is 0 Å². The van der Waals surface area contributed by atoms with Crippen molar-refractivity contribution in [3.8, 4) is 0 Å². The molecule has 30 heavy (non-hydrogen) atoms. The fourth-order valence-corrected chi connectivity index (χ4v) is 5.40. The van der Waals surface area contributed by atoms with Gasteiger partial charge < -0.3 is 10.2 Å². The molecular weight excluding hydrogens is 418 g/mol. The third kappa shape index (κ3) is 4.79. The molecule has 7 nitrogen and oxygen atoms in total. The number of amides is 1. The van der Waals surface area contributed by atoms with Crippen LogP contribution in [0.25, 0.3) is 10.3 Å². The molecule has 1 N–H and O–H groups in total. The van der Waals surface area contributed by atoms with Crippen molar-refractivity contribution in [1.29, 1.82) is 0 Å². The van der Waals surface area contributed by atoms with Crippen LogP contribution in [0.3, 0.4) is 0 Å². The van der Waals surface area contributed by atoms with Crippen molar-refractivity contribution in [2.75, 3.05) is 29.1 Å². The first-order chi connectivity index (χ1) is 14.5. The van der Waals surface area contributed by atoms with E-state index in [4.69, 9.17) is 4.98 Å². The molecule has 1 atom stereocenters. The van der Waals surface area contributed by atoms with Crippen molar-refractivity contribution in [2.45, 2.75) is 31.7 Å². The SMILES string of the molecule is CC(=O)c1cccc(NC(=O)CSc2ncnc3nc(N4CCCC(C)C4)sc23)c1. The normalized spacial score (nSPS) is 16.6. The number of benzene rings is 1. The van der Waals surface area contributed by atoms with Crippen molar-refractivity contribution in [3.05, 3.63) is 36.2 Å². The Morgan fingerprint density at radius 1 is 1.33 bits per heavy atom. The lowest BCUT2D eigenvalue weighted by atomic mass is 10.0. The first-order valence-electron chi connectivity index (χ1n) is 9.89. The minimum absolute atomic E-state index is 0.0343. The number of anilines is 2. The Morgan fingerprint density at radius 2 is 2.20 bits per heavy atom. The van der Waals surface area contributed by atoms with Crippen molar-refractivity contribution >= 4 is 56.0 Å². The van der Waals surface area contributed by atoms with E-state index < -0.39 is 0 Å². The van der Waals surface area contributed by atoms with Crippen molar-refractivity contribution in [3.63, 3.8) is 0 Å². The van der Waals surface area contributed by atoms with E-state index in [1.165, 1.54) is 37.9 Å². The highest BCUT2D eigenvalue weighted by Gasteiger charge is 2.21. The molecule has 4 rings (SSSR count). The maximum atomic E-state index is 12.4. The van der Waals surface area contributed by atoms with Gasteiger partial charge in [0.2, 0.25) is 5.91 Å². The summed E-state index contributed by atoms with van der Waals surface area (Å²) < 4.78 is 0.919. The van der Waals surface area contributed by atoms with Gasteiger partial charge in [0, 0.05) is 24.3 Å². The van der Waals surface area contributed by atoms with Crippen LogP contribution in [0.2, 0.25) is 0 Å². The van der Waals surface area contributed by atoms with E-state index in [0.717, 1.165) is 27.9 Å². The molecule has 156 valence electrons. The zero-order valence-electron chi connectivity index (χ0n) is 16.9. The number of piperidine rings is 1. The molecule has 0 spiro atoms. The molecule has 0 saturated carbocycles. The summed E-state index contributed by atoms with van der Waals surface area (Å²) in [5, 5.41) is 4.58. The van der Waals surface area contributed by atoms with E-state index in [9.17, 15) is 9.59 Å². The molecule has 3 heterocycles. The topological polar surface area (TPSA) is 88.1 Å². The third-order valence-electron chi connectivity index (χ3n) is 4.97. The highest BCUT2D eigenvalue weighted by molar-refractivity contribution is 8.00. The predicted octanol–water partition coefficient (Wildman–Crippen LogP) is 4.26. The fraction of sp³-hybridized carbons (Fsp3) is 0.381. The van der Waals surface area contributed by atoms with Gasteiger partial charge in [0.1, 0.15) is 16.1 Å². The Morgan fingerprint density at radius 3 is 3.00 bits per heavy atom. The number of thiazole rings is 1. The van der Waals surface area contributed by atoms with E-state index in [1.54, 1.807) is 35.6 Å². The number of hydrogen-bond acceptors (Lipinski definition) is 8. The predicted molar refractivity (Wildman–Crippen MR) is 122 cm³/mol. The van der Waals surface area contributed by atoms with E-state index in [0.29, 0.717) is 22.8 Å². The van der Waals surface area contributed by atoms with Gasteiger partial charge in [-0.25, -0.2) is 9.97 Å². The Labute approximate surface area is 183 Å². The number of carbonyl (C=O) groups is 2. The van der Waals surface area contributed by atoms with E-state index in [1.807, 2.05) is 0 Å². The van der Waals surface area contributed by atoms with Crippen LogP contribution >= 0.6 is 23.1 Å². The van der Waals surface area contributed by atoms with Crippen LogP contribution in [0.1, 0.15) is 37.0 Å². The largest absolute Gasteiger partial charge is 0.348 e. The summed E-state index contributed by atoms with van der Waals surface area (Å²) in [6.45, 7) is 5.80. The summed E-state index contributed by atoms with van der Waals surface area (Å²) >= 11 is 2.96. The van der Waals surface area contributed by atoms with Gasteiger partial charge in [0.15, 0.2) is 16.6 Å². The van der Waals surface area contributed by atoms with Gasteiger partial charge in [-0.3, -0.25) is 9.59 Å². The van der Waals surface area contributed by atoms with E-state index in [-0.39, 0.29) is 17.4 Å². The number of aromatic nitrogens is 3. The van der Waals surface area contributed by atoms with Crippen LogP contribution < -0.4 is 10.2 Å². The molecule has 0 aliphatic carbocycles. The van der Waals surface area contributed by atoms with Gasteiger partial charge >= 0.3 is 0 Å². The molecule has 9 heteroatoms. The van der Waals surface area contributed by atoms with Crippen molar-refractivity contribution in [1.82, 2.24) is 15.0 Å². The molecule has 1 fully saturated rings. The number of fused-ring (bicyclic) bond motifs is 1. The lowest BCUT2D eigenvalue weighted by molar-refractivity contribution is -0.113. The second-order valence-electron chi connectivity index (χ2n) is 7.50. The number of Topliss-reactive ketones (excluding diaryl/α,β-unsaturated/α-hetero) is 1.